The van der Waals surface area contributed by atoms with Crippen molar-refractivity contribution in [1.82, 2.24) is 0 Å². The molecule has 0 aromatic carbocycles. The van der Waals surface area contributed by atoms with E-state index in [0.29, 0.717) is 22.7 Å². The minimum atomic E-state index is -1.10. The lowest BCUT2D eigenvalue weighted by molar-refractivity contribution is -0.200. The van der Waals surface area contributed by atoms with E-state index < -0.39 is 43.3 Å². The fraction of sp³-hybridized carbons (Fsp3) is 0.760. The molecule has 31 heavy (non-hydrogen) atoms. The van der Waals surface area contributed by atoms with Crippen LogP contribution in [0.5, 0.6) is 0 Å². The number of fused-ring (bicyclic) bond motifs is 2. The maximum atomic E-state index is 13.0. The summed E-state index contributed by atoms with van der Waals surface area (Å²) in [5.74, 6) is 0.902. The van der Waals surface area contributed by atoms with Gasteiger partial charge in [-0.05, 0) is 23.2 Å². The summed E-state index contributed by atoms with van der Waals surface area (Å²) < 4.78 is 13.6. The van der Waals surface area contributed by atoms with Crippen molar-refractivity contribution in [3.8, 4) is 0 Å². The van der Waals surface area contributed by atoms with Gasteiger partial charge in [0.1, 0.15) is 11.5 Å². The molecule has 2 rings (SSSR count). The molecule has 2 heterocycles. The van der Waals surface area contributed by atoms with Crippen molar-refractivity contribution < 1.29 is 19.1 Å². The van der Waals surface area contributed by atoms with Crippen LogP contribution in [0.3, 0.4) is 0 Å². The third-order valence-corrected chi connectivity index (χ3v) is 6.87. The zero-order valence-electron chi connectivity index (χ0n) is 21.1. The molecule has 0 aliphatic carbocycles. The third-order valence-electron chi connectivity index (χ3n) is 6.49. The molecule has 0 aromatic rings. The standard InChI is InChI=1S/C25H38Cl2O4/c1-20(2,3)16-14(18(26)28)24(22(7,8)9)13-25(30-16,23(10,11)12)15(19(27)29)17(31-24)21(4,5)6/h13H2,1-12H3. The molecule has 176 valence electrons. The van der Waals surface area contributed by atoms with Gasteiger partial charge in [-0.15, -0.1) is 0 Å². The number of halogens is 2. The largest absolute Gasteiger partial charge is 0.485 e. The lowest BCUT2D eigenvalue weighted by atomic mass is 9.55. The lowest BCUT2D eigenvalue weighted by Gasteiger charge is -2.62. The number of hydrogen-bond acceptors (Lipinski definition) is 4. The first-order valence-corrected chi connectivity index (χ1v) is 11.6. The molecule has 2 unspecified atom stereocenters. The maximum absolute atomic E-state index is 13.0. The molecule has 2 bridgehead atoms. The number of carbonyl (C=O) groups excluding carboxylic acids is 2. The van der Waals surface area contributed by atoms with E-state index in [-0.39, 0.29) is 6.42 Å². The Labute approximate surface area is 197 Å². The first-order chi connectivity index (χ1) is 13.5. The predicted molar refractivity (Wildman–Crippen MR) is 126 cm³/mol. The molecule has 0 saturated carbocycles. The van der Waals surface area contributed by atoms with Crippen LogP contribution in [0.1, 0.15) is 89.5 Å². The van der Waals surface area contributed by atoms with Crippen LogP contribution in [0.25, 0.3) is 0 Å². The highest BCUT2D eigenvalue weighted by atomic mass is 35.5. The Morgan fingerprint density at radius 2 is 0.903 bits per heavy atom. The molecule has 2 atom stereocenters. The van der Waals surface area contributed by atoms with Crippen molar-refractivity contribution in [2.75, 3.05) is 0 Å². The number of carbonyl (C=O) groups is 2. The van der Waals surface area contributed by atoms with Crippen LogP contribution in [-0.2, 0) is 19.1 Å². The van der Waals surface area contributed by atoms with E-state index in [9.17, 15) is 9.59 Å². The highest BCUT2D eigenvalue weighted by molar-refractivity contribution is 6.68. The number of hydrogen-bond donors (Lipinski definition) is 0. The van der Waals surface area contributed by atoms with Crippen molar-refractivity contribution in [2.24, 2.45) is 21.7 Å². The van der Waals surface area contributed by atoms with Gasteiger partial charge in [0, 0.05) is 28.1 Å². The molecule has 4 nitrogen and oxygen atoms in total. The van der Waals surface area contributed by atoms with Crippen LogP contribution in [-0.4, -0.2) is 21.7 Å². The van der Waals surface area contributed by atoms with Gasteiger partial charge in [0.2, 0.25) is 0 Å². The predicted octanol–water partition coefficient (Wildman–Crippen LogP) is 7.14. The second-order valence-electron chi connectivity index (χ2n) is 13.0. The summed E-state index contributed by atoms with van der Waals surface area (Å²) in [5, 5.41) is -1.20. The Morgan fingerprint density at radius 3 is 1.06 bits per heavy atom. The first kappa shape index (κ1) is 26.3. The second-order valence-corrected chi connectivity index (χ2v) is 13.7. The van der Waals surface area contributed by atoms with E-state index in [2.05, 4.69) is 0 Å². The molecule has 2 aliphatic heterocycles. The summed E-state index contributed by atoms with van der Waals surface area (Å²) in [6.07, 6.45) is 0.258. The molecule has 0 radical (unpaired) electrons. The van der Waals surface area contributed by atoms with E-state index in [1.807, 2.05) is 83.1 Å². The molecule has 0 spiro atoms. The molecular formula is C25H38Cl2O4. The average molecular weight is 473 g/mol. The highest BCUT2D eigenvalue weighted by Crippen LogP contribution is 2.64. The van der Waals surface area contributed by atoms with Crippen LogP contribution < -0.4 is 0 Å². The summed E-state index contributed by atoms with van der Waals surface area (Å²) >= 11 is 12.5. The highest BCUT2D eigenvalue weighted by Gasteiger charge is 2.69. The van der Waals surface area contributed by atoms with Crippen molar-refractivity contribution in [3.05, 3.63) is 22.7 Å². The average Bonchev–Trinajstić information content (AvgIpc) is 2.48. The van der Waals surface area contributed by atoms with Crippen LogP contribution >= 0.6 is 23.2 Å². The Balaban J connectivity index is 3.21. The Morgan fingerprint density at radius 1 is 0.645 bits per heavy atom. The van der Waals surface area contributed by atoms with E-state index in [0.717, 1.165) is 0 Å². The fourth-order valence-electron chi connectivity index (χ4n) is 4.66. The molecule has 0 fully saturated rings. The zero-order chi connectivity index (χ0) is 24.6. The van der Waals surface area contributed by atoms with Gasteiger partial charge in [-0.2, -0.15) is 0 Å². The monoisotopic (exact) mass is 472 g/mol. The minimum absolute atomic E-state index is 0.258. The Hall–Kier alpha value is -1.00. The van der Waals surface area contributed by atoms with E-state index >= 15 is 0 Å². The number of ether oxygens (including phenoxy) is 2. The van der Waals surface area contributed by atoms with Gasteiger partial charge in [-0.3, -0.25) is 9.59 Å². The molecule has 0 aromatic heterocycles. The molecule has 0 saturated heterocycles. The van der Waals surface area contributed by atoms with Crippen LogP contribution in [0.15, 0.2) is 22.7 Å². The topological polar surface area (TPSA) is 52.6 Å². The fourth-order valence-corrected chi connectivity index (χ4v) is 5.13. The summed E-state index contributed by atoms with van der Waals surface area (Å²) in [6.45, 7) is 24.0. The van der Waals surface area contributed by atoms with Gasteiger partial charge < -0.3 is 9.47 Å². The van der Waals surface area contributed by atoms with Crippen molar-refractivity contribution in [3.63, 3.8) is 0 Å². The summed E-state index contributed by atoms with van der Waals surface area (Å²) in [5.41, 5.74) is -3.74. The normalized spacial score (nSPS) is 27.7. The maximum Gasteiger partial charge on any atom is 0.255 e. The third kappa shape index (κ3) is 3.97. The summed E-state index contributed by atoms with van der Waals surface area (Å²) in [6, 6.07) is 0. The van der Waals surface area contributed by atoms with Gasteiger partial charge in [0.05, 0.1) is 11.1 Å². The summed E-state index contributed by atoms with van der Waals surface area (Å²) in [7, 11) is 0. The Bertz CT molecular complexity index is 797. The smallest absolute Gasteiger partial charge is 0.255 e. The van der Waals surface area contributed by atoms with Gasteiger partial charge in [0.15, 0.2) is 11.2 Å². The van der Waals surface area contributed by atoms with Gasteiger partial charge >= 0.3 is 0 Å². The van der Waals surface area contributed by atoms with E-state index in [1.54, 1.807) is 0 Å². The second kappa shape index (κ2) is 7.25. The Kier molecular flexibility index (Phi) is 6.14. The molecule has 0 N–H and O–H groups in total. The zero-order valence-corrected chi connectivity index (χ0v) is 22.6. The molecule has 2 aliphatic rings. The van der Waals surface area contributed by atoms with Crippen molar-refractivity contribution in [1.29, 1.82) is 0 Å². The van der Waals surface area contributed by atoms with Crippen molar-refractivity contribution in [2.45, 2.75) is 101 Å². The van der Waals surface area contributed by atoms with Crippen molar-refractivity contribution >= 4 is 33.7 Å². The van der Waals surface area contributed by atoms with Crippen LogP contribution in [0.2, 0.25) is 0 Å². The van der Waals surface area contributed by atoms with Gasteiger partial charge in [-0.25, -0.2) is 0 Å². The number of rotatable bonds is 2. The first-order valence-electron chi connectivity index (χ1n) is 10.8. The lowest BCUT2D eigenvalue weighted by Crippen LogP contribution is -2.66. The quantitative estimate of drug-likeness (QED) is 0.400. The van der Waals surface area contributed by atoms with Gasteiger partial charge in [-0.1, -0.05) is 83.1 Å². The number of allylic oxidation sites excluding steroid dienone is 2. The SMILES string of the molecule is CC(C)(C)C1=C(C(=O)Cl)C2(C(C)(C)C)CC(C(C)(C)C)(O1)C(C(=O)Cl)=C(C(C)(C)C)O2. The molecule has 0 amide bonds. The van der Waals surface area contributed by atoms with Crippen LogP contribution in [0.4, 0.5) is 0 Å². The summed E-state index contributed by atoms with van der Waals surface area (Å²) in [4.78, 5) is 25.9. The van der Waals surface area contributed by atoms with Crippen LogP contribution in [0, 0.1) is 21.7 Å². The van der Waals surface area contributed by atoms with E-state index in [4.69, 9.17) is 32.7 Å². The van der Waals surface area contributed by atoms with Gasteiger partial charge in [0.25, 0.3) is 10.5 Å². The van der Waals surface area contributed by atoms with E-state index in [1.165, 1.54) is 0 Å². The minimum Gasteiger partial charge on any atom is -0.485 e. The molecule has 6 heteroatoms. The molecular weight excluding hydrogens is 435 g/mol.